The lowest BCUT2D eigenvalue weighted by Crippen LogP contribution is -2.56. The molecular weight excluding hydrogens is 325 g/mol. The van der Waals surface area contributed by atoms with Crippen LogP contribution < -0.4 is 10.6 Å². The number of hydrogen-bond acceptors (Lipinski definition) is 2. The summed E-state index contributed by atoms with van der Waals surface area (Å²) in [5, 5.41) is 6.11. The number of urea groups is 1. The van der Waals surface area contributed by atoms with Gasteiger partial charge in [0.15, 0.2) is 0 Å². The molecule has 5 nitrogen and oxygen atoms in total. The summed E-state index contributed by atoms with van der Waals surface area (Å²) in [6.07, 6.45) is 2.02. The Balaban J connectivity index is 1.97. The van der Waals surface area contributed by atoms with Crippen LogP contribution in [-0.2, 0) is 4.79 Å². The minimum atomic E-state index is -0.968. The molecular formula is C15H19Cl2N3O2. The van der Waals surface area contributed by atoms with Crippen molar-refractivity contribution in [1.82, 2.24) is 10.2 Å². The molecule has 1 fully saturated rings. The van der Waals surface area contributed by atoms with Crippen LogP contribution >= 0.6 is 23.2 Å². The Morgan fingerprint density at radius 2 is 1.77 bits per heavy atom. The van der Waals surface area contributed by atoms with Crippen molar-refractivity contribution in [1.29, 1.82) is 0 Å². The summed E-state index contributed by atoms with van der Waals surface area (Å²) in [4.78, 5) is 26.3. The molecule has 2 N–H and O–H groups in total. The molecule has 0 atom stereocenters. The second-order valence-corrected chi connectivity index (χ2v) is 6.65. The highest BCUT2D eigenvalue weighted by Crippen LogP contribution is 2.25. The Kier molecular flexibility index (Phi) is 5.19. The molecule has 120 valence electrons. The molecule has 7 heteroatoms. The number of likely N-dealkylation sites (tertiary alicyclic amines) is 1. The van der Waals surface area contributed by atoms with Gasteiger partial charge in [0.25, 0.3) is 0 Å². The van der Waals surface area contributed by atoms with Crippen molar-refractivity contribution < 1.29 is 9.59 Å². The maximum absolute atomic E-state index is 12.4. The maximum atomic E-state index is 12.4. The van der Waals surface area contributed by atoms with E-state index in [1.165, 1.54) is 0 Å². The zero-order chi connectivity index (χ0) is 16.3. The summed E-state index contributed by atoms with van der Waals surface area (Å²) in [6.45, 7) is 4.89. The fourth-order valence-corrected chi connectivity index (χ4v) is 2.69. The van der Waals surface area contributed by atoms with E-state index in [2.05, 4.69) is 10.6 Å². The van der Waals surface area contributed by atoms with E-state index in [0.717, 1.165) is 25.9 Å². The maximum Gasteiger partial charge on any atom is 0.320 e. The number of anilines is 1. The number of carbonyl (C=O) groups excluding carboxylic acids is 2. The molecule has 1 aliphatic heterocycles. The highest BCUT2D eigenvalue weighted by molar-refractivity contribution is 6.42. The van der Waals surface area contributed by atoms with Crippen LogP contribution in [0.5, 0.6) is 0 Å². The first-order valence-corrected chi connectivity index (χ1v) is 7.89. The van der Waals surface area contributed by atoms with E-state index in [9.17, 15) is 9.59 Å². The highest BCUT2D eigenvalue weighted by Gasteiger charge is 2.34. The fourth-order valence-electron chi connectivity index (χ4n) is 2.39. The van der Waals surface area contributed by atoms with Gasteiger partial charge in [0.1, 0.15) is 5.54 Å². The van der Waals surface area contributed by atoms with Gasteiger partial charge in [-0.3, -0.25) is 4.79 Å². The molecule has 1 aromatic carbocycles. The van der Waals surface area contributed by atoms with Crippen LogP contribution in [-0.4, -0.2) is 35.5 Å². The van der Waals surface area contributed by atoms with Crippen LogP contribution in [0.1, 0.15) is 26.7 Å². The summed E-state index contributed by atoms with van der Waals surface area (Å²) in [6, 6.07) is 4.33. The lowest BCUT2D eigenvalue weighted by molar-refractivity contribution is -0.135. The Morgan fingerprint density at radius 1 is 1.14 bits per heavy atom. The van der Waals surface area contributed by atoms with Gasteiger partial charge in [0.2, 0.25) is 5.91 Å². The number of nitrogens with one attached hydrogen (secondary N) is 2. The number of carbonyl (C=O) groups is 2. The molecule has 2 rings (SSSR count). The lowest BCUT2D eigenvalue weighted by atomic mass is 10.0. The van der Waals surface area contributed by atoms with Gasteiger partial charge < -0.3 is 15.5 Å². The number of amides is 3. The largest absolute Gasteiger partial charge is 0.341 e. The third-order valence-corrected chi connectivity index (χ3v) is 4.27. The van der Waals surface area contributed by atoms with Gasteiger partial charge in [-0.15, -0.1) is 0 Å². The highest BCUT2D eigenvalue weighted by atomic mass is 35.5. The molecule has 0 bridgehead atoms. The molecule has 1 heterocycles. The minimum absolute atomic E-state index is 0.0747. The predicted molar refractivity (Wildman–Crippen MR) is 88.5 cm³/mol. The zero-order valence-corrected chi connectivity index (χ0v) is 14.1. The zero-order valence-electron chi connectivity index (χ0n) is 12.6. The van der Waals surface area contributed by atoms with Gasteiger partial charge in [-0.25, -0.2) is 4.79 Å². The second-order valence-electron chi connectivity index (χ2n) is 5.83. The van der Waals surface area contributed by atoms with Crippen molar-refractivity contribution in [2.24, 2.45) is 0 Å². The molecule has 1 aliphatic rings. The normalized spacial score (nSPS) is 14.8. The molecule has 0 aliphatic carbocycles. The van der Waals surface area contributed by atoms with Gasteiger partial charge in [-0.1, -0.05) is 23.2 Å². The number of nitrogens with zero attached hydrogens (tertiary/aromatic N) is 1. The number of rotatable bonds is 3. The van der Waals surface area contributed by atoms with E-state index in [1.54, 1.807) is 36.9 Å². The predicted octanol–water partition coefficient (Wildman–Crippen LogP) is 3.52. The summed E-state index contributed by atoms with van der Waals surface area (Å²) in [7, 11) is 0. The van der Waals surface area contributed by atoms with Crippen LogP contribution in [0.4, 0.5) is 10.5 Å². The first kappa shape index (κ1) is 16.9. The molecule has 22 heavy (non-hydrogen) atoms. The number of halogens is 2. The first-order chi connectivity index (χ1) is 10.3. The van der Waals surface area contributed by atoms with Gasteiger partial charge in [0.05, 0.1) is 10.0 Å². The number of hydrogen-bond donors (Lipinski definition) is 2. The van der Waals surface area contributed by atoms with Gasteiger partial charge in [-0.05, 0) is 44.9 Å². The van der Waals surface area contributed by atoms with Crippen LogP contribution in [0, 0.1) is 0 Å². The van der Waals surface area contributed by atoms with Crippen molar-refractivity contribution in [3.8, 4) is 0 Å². The van der Waals surface area contributed by atoms with Crippen molar-refractivity contribution in [2.45, 2.75) is 32.2 Å². The van der Waals surface area contributed by atoms with E-state index in [4.69, 9.17) is 23.2 Å². The van der Waals surface area contributed by atoms with E-state index < -0.39 is 11.6 Å². The average Bonchev–Trinajstić information content (AvgIpc) is 2.95. The lowest BCUT2D eigenvalue weighted by Gasteiger charge is -2.30. The first-order valence-electron chi connectivity index (χ1n) is 7.13. The summed E-state index contributed by atoms with van der Waals surface area (Å²) in [5.41, 5.74) is -0.457. The Morgan fingerprint density at radius 3 is 2.36 bits per heavy atom. The van der Waals surface area contributed by atoms with Crippen LogP contribution in [0.25, 0.3) is 0 Å². The van der Waals surface area contributed by atoms with Crippen LogP contribution in [0.3, 0.4) is 0 Å². The average molecular weight is 344 g/mol. The SMILES string of the molecule is CC(C)(NC(=O)Nc1ccc(Cl)c(Cl)c1)C(=O)N1CCCC1. The van der Waals surface area contributed by atoms with Crippen molar-refractivity contribution >= 4 is 40.8 Å². The van der Waals surface area contributed by atoms with E-state index in [0.29, 0.717) is 15.7 Å². The quantitative estimate of drug-likeness (QED) is 0.881. The van der Waals surface area contributed by atoms with E-state index in [1.807, 2.05) is 0 Å². The molecule has 0 unspecified atom stereocenters. The molecule has 0 saturated carbocycles. The van der Waals surface area contributed by atoms with Gasteiger partial charge in [0, 0.05) is 18.8 Å². The Hall–Kier alpha value is -1.46. The van der Waals surface area contributed by atoms with Crippen LogP contribution in [0.15, 0.2) is 18.2 Å². The standard InChI is InChI=1S/C15H19Cl2N3O2/c1-15(2,13(21)20-7-3-4-8-20)19-14(22)18-10-5-6-11(16)12(17)9-10/h5-6,9H,3-4,7-8H2,1-2H3,(H2,18,19,22). The molecule has 0 radical (unpaired) electrons. The van der Waals surface area contributed by atoms with Crippen LogP contribution in [0.2, 0.25) is 10.0 Å². The molecule has 3 amide bonds. The van der Waals surface area contributed by atoms with E-state index in [-0.39, 0.29) is 5.91 Å². The van der Waals surface area contributed by atoms with Crippen molar-refractivity contribution in [3.05, 3.63) is 28.2 Å². The van der Waals surface area contributed by atoms with Crippen molar-refractivity contribution in [3.63, 3.8) is 0 Å². The monoisotopic (exact) mass is 343 g/mol. The summed E-state index contributed by atoms with van der Waals surface area (Å²) >= 11 is 11.7. The van der Waals surface area contributed by atoms with Gasteiger partial charge in [-0.2, -0.15) is 0 Å². The third kappa shape index (κ3) is 4.05. The fraction of sp³-hybridized carbons (Fsp3) is 0.467. The summed E-state index contributed by atoms with van der Waals surface area (Å²) < 4.78 is 0. The van der Waals surface area contributed by atoms with E-state index >= 15 is 0 Å². The van der Waals surface area contributed by atoms with Gasteiger partial charge >= 0.3 is 6.03 Å². The molecule has 0 spiro atoms. The van der Waals surface area contributed by atoms with Crippen molar-refractivity contribution in [2.75, 3.05) is 18.4 Å². The smallest absolute Gasteiger partial charge is 0.320 e. The molecule has 0 aromatic heterocycles. The minimum Gasteiger partial charge on any atom is -0.341 e. The Labute approximate surface area is 139 Å². The third-order valence-electron chi connectivity index (χ3n) is 3.53. The topological polar surface area (TPSA) is 61.4 Å². The number of benzene rings is 1. The Bertz CT molecular complexity index is 584. The molecule has 1 aromatic rings. The second kappa shape index (κ2) is 6.75. The molecule has 1 saturated heterocycles. The summed E-state index contributed by atoms with van der Waals surface area (Å²) in [5.74, 6) is -0.0747.